The van der Waals surface area contributed by atoms with E-state index in [0.29, 0.717) is 0 Å². The second kappa shape index (κ2) is 5.85. The first kappa shape index (κ1) is 14.1. The van der Waals surface area contributed by atoms with Gasteiger partial charge in [-0.2, -0.15) is 5.10 Å². The molecule has 3 aromatic heterocycles. The molecule has 0 bridgehead atoms. The average molecular weight is 304 g/mol. The average Bonchev–Trinajstić information content (AvgIpc) is 3.06. The molecule has 0 aliphatic carbocycles. The highest BCUT2D eigenvalue weighted by atomic mass is 35.5. The topological polar surface area (TPSA) is 48.5 Å². The van der Waals surface area contributed by atoms with Crippen molar-refractivity contribution in [2.75, 3.05) is 0 Å². The van der Waals surface area contributed by atoms with Gasteiger partial charge in [0, 0.05) is 31.7 Å². The molecule has 0 aliphatic heterocycles. The molecule has 3 aromatic rings. The Morgan fingerprint density at radius 1 is 1.33 bits per heavy atom. The van der Waals surface area contributed by atoms with Crippen LogP contribution in [0, 0.1) is 6.92 Å². The molecule has 21 heavy (non-hydrogen) atoms. The van der Waals surface area contributed by atoms with Gasteiger partial charge in [-0.1, -0.05) is 0 Å². The van der Waals surface area contributed by atoms with E-state index < -0.39 is 0 Å². The quantitative estimate of drug-likeness (QED) is 0.679. The van der Waals surface area contributed by atoms with Crippen molar-refractivity contribution >= 4 is 22.8 Å². The molecular formula is C15H18ClN5. The predicted molar refractivity (Wildman–Crippen MR) is 83.4 cm³/mol. The molecule has 3 rings (SSSR count). The van der Waals surface area contributed by atoms with Gasteiger partial charge in [-0.15, -0.1) is 11.6 Å². The van der Waals surface area contributed by atoms with Crippen LogP contribution in [0.25, 0.3) is 11.2 Å². The molecule has 0 aromatic carbocycles. The lowest BCUT2D eigenvalue weighted by Gasteiger charge is -2.10. The third-order valence-electron chi connectivity index (χ3n) is 3.44. The smallest absolute Gasteiger partial charge is 0.160 e. The Labute approximate surface area is 128 Å². The van der Waals surface area contributed by atoms with Gasteiger partial charge in [0.25, 0.3) is 0 Å². The summed E-state index contributed by atoms with van der Waals surface area (Å²) in [4.78, 5) is 9.15. The summed E-state index contributed by atoms with van der Waals surface area (Å²) in [5, 5.41) is 4.08. The number of pyridine rings is 1. The molecule has 0 amide bonds. The first-order valence-corrected chi connectivity index (χ1v) is 7.53. The number of halogens is 1. The van der Waals surface area contributed by atoms with Gasteiger partial charge in [-0.05, 0) is 38.0 Å². The third-order valence-corrected chi connectivity index (χ3v) is 3.63. The zero-order valence-electron chi connectivity index (χ0n) is 12.2. The van der Waals surface area contributed by atoms with Crippen molar-refractivity contribution in [3.63, 3.8) is 0 Å². The van der Waals surface area contributed by atoms with E-state index >= 15 is 0 Å². The van der Waals surface area contributed by atoms with Gasteiger partial charge < -0.3 is 4.57 Å². The summed E-state index contributed by atoms with van der Waals surface area (Å²) in [7, 11) is 0. The Bertz CT molecular complexity index is 730. The van der Waals surface area contributed by atoms with Crippen LogP contribution in [0.2, 0.25) is 0 Å². The van der Waals surface area contributed by atoms with Crippen molar-refractivity contribution in [2.45, 2.75) is 38.7 Å². The Kier molecular flexibility index (Phi) is 3.92. The number of hydrogen-bond donors (Lipinski definition) is 0. The molecule has 3 heterocycles. The Morgan fingerprint density at radius 3 is 2.90 bits per heavy atom. The largest absolute Gasteiger partial charge is 0.311 e. The highest BCUT2D eigenvalue weighted by Gasteiger charge is 2.15. The Balaban J connectivity index is 1.86. The second-order valence-corrected chi connectivity index (χ2v) is 5.87. The fraction of sp³-hybridized carbons (Fsp3) is 0.400. The zero-order valence-corrected chi connectivity index (χ0v) is 13.0. The summed E-state index contributed by atoms with van der Waals surface area (Å²) < 4.78 is 4.05. The first-order chi connectivity index (χ1) is 10.1. The van der Waals surface area contributed by atoms with Crippen molar-refractivity contribution in [3.8, 4) is 0 Å². The maximum absolute atomic E-state index is 6.27. The molecule has 6 heteroatoms. The third kappa shape index (κ3) is 2.93. The van der Waals surface area contributed by atoms with Crippen LogP contribution in [0.3, 0.4) is 0 Å². The van der Waals surface area contributed by atoms with Crippen molar-refractivity contribution < 1.29 is 0 Å². The van der Waals surface area contributed by atoms with E-state index in [0.717, 1.165) is 42.1 Å². The van der Waals surface area contributed by atoms with E-state index in [1.807, 2.05) is 37.0 Å². The predicted octanol–water partition coefficient (Wildman–Crippen LogP) is 3.33. The molecule has 1 unspecified atom stereocenters. The maximum atomic E-state index is 6.27. The fourth-order valence-electron chi connectivity index (χ4n) is 2.48. The van der Waals surface area contributed by atoms with Crippen LogP contribution in [-0.4, -0.2) is 24.3 Å². The zero-order chi connectivity index (χ0) is 14.8. The van der Waals surface area contributed by atoms with Gasteiger partial charge in [0.05, 0.1) is 5.38 Å². The van der Waals surface area contributed by atoms with Gasteiger partial charge in [-0.3, -0.25) is 4.68 Å². The van der Waals surface area contributed by atoms with Crippen molar-refractivity contribution in [3.05, 3.63) is 42.1 Å². The lowest BCUT2D eigenvalue weighted by molar-refractivity contribution is 0.521. The summed E-state index contributed by atoms with van der Waals surface area (Å²) in [5.74, 6) is 0.880. The molecule has 0 saturated heterocycles. The molecule has 0 radical (unpaired) electrons. The van der Waals surface area contributed by atoms with Crippen LogP contribution in [0.5, 0.6) is 0 Å². The number of alkyl halides is 1. The number of imidazole rings is 1. The number of aryl methyl sites for hydroxylation is 3. The number of fused-ring (bicyclic) bond motifs is 1. The minimum absolute atomic E-state index is 0.135. The van der Waals surface area contributed by atoms with Gasteiger partial charge in [-0.25, -0.2) is 9.97 Å². The molecule has 0 fully saturated rings. The second-order valence-electron chi connectivity index (χ2n) is 5.22. The molecule has 1 atom stereocenters. The van der Waals surface area contributed by atoms with Gasteiger partial charge in [0.1, 0.15) is 11.3 Å². The van der Waals surface area contributed by atoms with Gasteiger partial charge in [0.15, 0.2) is 5.65 Å². The van der Waals surface area contributed by atoms with Crippen molar-refractivity contribution in [1.82, 2.24) is 24.3 Å². The number of aromatic nitrogens is 5. The number of rotatable bonds is 5. The van der Waals surface area contributed by atoms with Crippen LogP contribution in [-0.2, 0) is 13.1 Å². The fourth-order valence-corrected chi connectivity index (χ4v) is 2.64. The maximum Gasteiger partial charge on any atom is 0.160 e. The van der Waals surface area contributed by atoms with Crippen LogP contribution >= 0.6 is 11.6 Å². The summed E-state index contributed by atoms with van der Waals surface area (Å²) in [6.45, 7) is 5.67. The van der Waals surface area contributed by atoms with Crippen LogP contribution in [0.1, 0.15) is 30.1 Å². The molecular weight excluding hydrogens is 286 g/mol. The minimum Gasteiger partial charge on any atom is -0.311 e. The van der Waals surface area contributed by atoms with Gasteiger partial charge in [0.2, 0.25) is 0 Å². The Hall–Kier alpha value is -1.88. The Morgan fingerprint density at radius 2 is 2.19 bits per heavy atom. The van der Waals surface area contributed by atoms with Crippen LogP contribution in [0.15, 0.2) is 30.7 Å². The highest BCUT2D eigenvalue weighted by molar-refractivity contribution is 6.20. The molecule has 0 saturated carbocycles. The van der Waals surface area contributed by atoms with E-state index in [1.165, 1.54) is 0 Å². The number of nitrogens with zero attached hydrogens (tertiary/aromatic N) is 5. The summed E-state index contributed by atoms with van der Waals surface area (Å²) in [6.07, 6.45) is 6.60. The minimum atomic E-state index is -0.135. The highest BCUT2D eigenvalue weighted by Crippen LogP contribution is 2.24. The van der Waals surface area contributed by atoms with Crippen molar-refractivity contribution in [2.24, 2.45) is 0 Å². The van der Waals surface area contributed by atoms with E-state index in [4.69, 9.17) is 11.6 Å². The van der Waals surface area contributed by atoms with E-state index in [-0.39, 0.29) is 5.38 Å². The lowest BCUT2D eigenvalue weighted by Crippen LogP contribution is -2.08. The standard InChI is InChI=1S/C15H18ClN5/c1-11-9-13-15(17-10-11)21(14(19-13)12(2)16)8-4-7-20-6-3-5-18-20/h3,5-6,9-10,12H,4,7-8H2,1-2H3. The summed E-state index contributed by atoms with van der Waals surface area (Å²) >= 11 is 6.27. The number of hydrogen-bond acceptors (Lipinski definition) is 3. The summed E-state index contributed by atoms with van der Waals surface area (Å²) in [5.41, 5.74) is 2.93. The monoisotopic (exact) mass is 303 g/mol. The van der Waals surface area contributed by atoms with Gasteiger partial charge >= 0.3 is 0 Å². The molecule has 0 spiro atoms. The van der Waals surface area contributed by atoms with Crippen molar-refractivity contribution in [1.29, 1.82) is 0 Å². The summed E-state index contributed by atoms with van der Waals surface area (Å²) in [6, 6.07) is 3.98. The normalized spacial score (nSPS) is 12.9. The first-order valence-electron chi connectivity index (χ1n) is 7.09. The lowest BCUT2D eigenvalue weighted by atomic mass is 10.3. The van der Waals surface area contributed by atoms with E-state index in [2.05, 4.69) is 25.7 Å². The molecule has 5 nitrogen and oxygen atoms in total. The van der Waals surface area contributed by atoms with E-state index in [9.17, 15) is 0 Å². The van der Waals surface area contributed by atoms with Crippen LogP contribution in [0.4, 0.5) is 0 Å². The molecule has 110 valence electrons. The SMILES string of the molecule is Cc1cnc2c(c1)nc(C(C)Cl)n2CCCn1cccn1. The molecule has 0 aliphatic rings. The molecule has 0 N–H and O–H groups in total. The van der Waals surface area contributed by atoms with Crippen LogP contribution < -0.4 is 0 Å². The van der Waals surface area contributed by atoms with E-state index in [1.54, 1.807) is 6.20 Å².